The highest BCUT2D eigenvalue weighted by atomic mass is 28.2. The Morgan fingerprint density at radius 1 is 1.38 bits per heavy atom. The third-order valence-electron chi connectivity index (χ3n) is 1.88. The van der Waals surface area contributed by atoms with E-state index >= 15 is 0 Å². The highest BCUT2D eigenvalue weighted by molar-refractivity contribution is 6.37. The second-order valence-electron chi connectivity index (χ2n) is 3.27. The van der Waals surface area contributed by atoms with E-state index in [-0.39, 0.29) is 9.52 Å². The summed E-state index contributed by atoms with van der Waals surface area (Å²) in [5.41, 5.74) is 0. The molecule has 8 heavy (non-hydrogen) atoms. The summed E-state index contributed by atoms with van der Waals surface area (Å²) in [5.74, 6) is 0. The van der Waals surface area contributed by atoms with Gasteiger partial charge >= 0.3 is 0 Å². The molecule has 0 unspecified atom stereocenters. The molecule has 0 saturated heterocycles. The van der Waals surface area contributed by atoms with Crippen LogP contribution in [0.2, 0.25) is 11.6 Å². The predicted octanol–water partition coefficient (Wildman–Crippen LogP) is 2.20. The average molecular weight is 130 g/mol. The van der Waals surface area contributed by atoms with Crippen LogP contribution >= 0.6 is 0 Å². The molecule has 0 N–H and O–H groups in total. The lowest BCUT2D eigenvalue weighted by atomic mass is 10.1. The molecule has 0 bridgehead atoms. The molecule has 0 saturated carbocycles. The highest BCUT2D eigenvalue weighted by Crippen LogP contribution is 2.28. The fraction of sp³-hybridized carbons (Fsp3) is 1.00. The van der Waals surface area contributed by atoms with Gasteiger partial charge in [0.25, 0.3) is 0 Å². The van der Waals surface area contributed by atoms with Gasteiger partial charge in [0, 0.05) is 9.52 Å². The van der Waals surface area contributed by atoms with Crippen molar-refractivity contribution in [1.29, 1.82) is 0 Å². The van der Waals surface area contributed by atoms with Crippen LogP contribution in [0, 0.1) is 0 Å². The quantitative estimate of drug-likeness (QED) is 0.514. The molecule has 50 valence electrons. The molecule has 0 heterocycles. The van der Waals surface area contributed by atoms with Crippen LogP contribution in [0.15, 0.2) is 0 Å². The molecule has 0 fully saturated rings. The van der Waals surface area contributed by atoms with Crippen molar-refractivity contribution in [3.63, 3.8) is 0 Å². The summed E-state index contributed by atoms with van der Waals surface area (Å²) in [6.45, 7) is 9.45. The molecule has 0 aliphatic heterocycles. The van der Waals surface area contributed by atoms with Crippen LogP contribution in [0.4, 0.5) is 0 Å². The lowest BCUT2D eigenvalue weighted by Gasteiger charge is -2.20. The van der Waals surface area contributed by atoms with Crippen LogP contribution < -0.4 is 0 Å². The van der Waals surface area contributed by atoms with Gasteiger partial charge in [-0.1, -0.05) is 40.2 Å². The fourth-order valence-corrected chi connectivity index (χ4v) is 1.56. The van der Waals surface area contributed by atoms with Gasteiger partial charge in [-0.3, -0.25) is 0 Å². The first-order valence-corrected chi connectivity index (χ1v) is 5.74. The number of hydrogen-bond acceptors (Lipinski definition) is 0. The molecule has 0 aromatic carbocycles. The molecule has 0 aliphatic carbocycles. The second kappa shape index (κ2) is 3.28. The summed E-state index contributed by atoms with van der Waals surface area (Å²) in [6.07, 6.45) is 2.78. The van der Waals surface area contributed by atoms with Gasteiger partial charge in [0.2, 0.25) is 0 Å². The highest BCUT2D eigenvalue weighted by Gasteiger charge is 2.12. The summed E-state index contributed by atoms with van der Waals surface area (Å²) in [4.78, 5) is 0. The van der Waals surface area contributed by atoms with Gasteiger partial charge in [-0.2, -0.15) is 0 Å². The smallest absolute Gasteiger partial charge is 0.0233 e. The van der Waals surface area contributed by atoms with Gasteiger partial charge in [0.1, 0.15) is 0 Å². The molecule has 0 aromatic heterocycles. The minimum absolute atomic E-state index is 0.231. The van der Waals surface area contributed by atoms with E-state index in [9.17, 15) is 0 Å². The maximum atomic E-state index is 2.40. The minimum Gasteiger partial charge on any atom is -0.0744 e. The van der Waals surface area contributed by atoms with Crippen molar-refractivity contribution in [2.75, 3.05) is 0 Å². The first-order chi connectivity index (χ1) is 3.62. The van der Waals surface area contributed by atoms with Crippen molar-refractivity contribution in [1.82, 2.24) is 0 Å². The average Bonchev–Trinajstić information content (AvgIpc) is 1.67. The Hall–Kier alpha value is 0.217. The topological polar surface area (TPSA) is 0 Å². The minimum atomic E-state index is 0.231. The van der Waals surface area contributed by atoms with Crippen molar-refractivity contribution < 1.29 is 0 Å². The van der Waals surface area contributed by atoms with Gasteiger partial charge in [-0.25, -0.2) is 0 Å². The van der Waals surface area contributed by atoms with Crippen LogP contribution in [-0.4, -0.2) is 9.52 Å². The van der Waals surface area contributed by atoms with Crippen LogP contribution in [-0.2, 0) is 0 Å². The van der Waals surface area contributed by atoms with Crippen molar-refractivity contribution in [3.8, 4) is 0 Å². The van der Waals surface area contributed by atoms with E-state index in [0.717, 1.165) is 5.04 Å². The SMILES string of the molecule is CCCC(C)(C)[SiH2]C. The molecule has 0 rings (SSSR count). The number of hydrogen-bond donors (Lipinski definition) is 0. The van der Waals surface area contributed by atoms with Crippen LogP contribution in [0.3, 0.4) is 0 Å². The van der Waals surface area contributed by atoms with E-state index in [1.54, 1.807) is 0 Å². The van der Waals surface area contributed by atoms with E-state index in [1.165, 1.54) is 12.8 Å². The molecule has 0 aromatic rings. The molecule has 0 nitrogen and oxygen atoms in total. The third kappa shape index (κ3) is 3.25. The van der Waals surface area contributed by atoms with E-state index < -0.39 is 0 Å². The fourth-order valence-electron chi connectivity index (χ4n) is 0.854. The molecule has 0 radical (unpaired) electrons. The van der Waals surface area contributed by atoms with Crippen molar-refractivity contribution in [2.24, 2.45) is 0 Å². The summed E-state index contributed by atoms with van der Waals surface area (Å²) in [6, 6.07) is 0. The van der Waals surface area contributed by atoms with E-state index in [1.807, 2.05) is 0 Å². The lowest BCUT2D eigenvalue weighted by Crippen LogP contribution is -2.08. The Bertz CT molecular complexity index is 57.4. The second-order valence-corrected chi connectivity index (χ2v) is 5.89. The zero-order valence-corrected chi connectivity index (χ0v) is 8.04. The van der Waals surface area contributed by atoms with Gasteiger partial charge in [0.15, 0.2) is 0 Å². The molecule has 0 aliphatic rings. The molecule has 1 heteroatoms. The normalized spacial score (nSPS) is 13.5. The van der Waals surface area contributed by atoms with Crippen molar-refractivity contribution >= 4 is 9.52 Å². The molecular formula is C7H18Si. The van der Waals surface area contributed by atoms with E-state index in [4.69, 9.17) is 0 Å². The largest absolute Gasteiger partial charge is 0.0744 e. The van der Waals surface area contributed by atoms with E-state index in [2.05, 4.69) is 27.3 Å². The monoisotopic (exact) mass is 130 g/mol. The van der Waals surface area contributed by atoms with Gasteiger partial charge in [-0.05, 0) is 5.04 Å². The predicted molar refractivity (Wildman–Crippen MR) is 43.4 cm³/mol. The van der Waals surface area contributed by atoms with Crippen LogP contribution in [0.25, 0.3) is 0 Å². The van der Waals surface area contributed by atoms with Gasteiger partial charge < -0.3 is 0 Å². The first kappa shape index (κ1) is 8.22. The van der Waals surface area contributed by atoms with E-state index in [0.29, 0.717) is 0 Å². The zero-order valence-electron chi connectivity index (χ0n) is 6.62. The Morgan fingerprint density at radius 2 is 1.88 bits per heavy atom. The summed E-state index contributed by atoms with van der Waals surface area (Å²) in [5, 5.41) is 0.731. The maximum Gasteiger partial charge on any atom is 0.0233 e. The van der Waals surface area contributed by atoms with Crippen molar-refractivity contribution in [2.45, 2.75) is 45.2 Å². The van der Waals surface area contributed by atoms with Crippen LogP contribution in [0.5, 0.6) is 0 Å². The summed E-state index contributed by atoms with van der Waals surface area (Å²) < 4.78 is 0. The van der Waals surface area contributed by atoms with Crippen molar-refractivity contribution in [3.05, 3.63) is 0 Å². The third-order valence-corrected chi connectivity index (χ3v) is 4.15. The van der Waals surface area contributed by atoms with Gasteiger partial charge in [-0.15, -0.1) is 0 Å². The maximum absolute atomic E-state index is 2.40. The Kier molecular flexibility index (Phi) is 3.37. The molecule has 0 atom stereocenters. The molecule has 0 spiro atoms. The Balaban J connectivity index is 3.37. The first-order valence-electron chi connectivity index (χ1n) is 3.62. The molecule has 0 amide bonds. The lowest BCUT2D eigenvalue weighted by molar-refractivity contribution is 0.594. The Morgan fingerprint density at radius 3 is 2.00 bits per heavy atom. The van der Waals surface area contributed by atoms with Gasteiger partial charge in [0.05, 0.1) is 0 Å². The zero-order chi connectivity index (χ0) is 6.62. The number of rotatable bonds is 3. The standard InChI is InChI=1S/C7H18Si/c1-5-6-7(2,3)8-4/h5-6,8H2,1-4H3. The Labute approximate surface area is 55.5 Å². The molecular weight excluding hydrogens is 112 g/mol. The summed E-state index contributed by atoms with van der Waals surface area (Å²) in [7, 11) is 0.231. The van der Waals surface area contributed by atoms with Crippen LogP contribution in [0.1, 0.15) is 33.6 Å². The summed E-state index contributed by atoms with van der Waals surface area (Å²) >= 11 is 0.